The molecule has 150 valence electrons. The number of rotatable bonds is 5. The summed E-state index contributed by atoms with van der Waals surface area (Å²) in [6.45, 7) is 5.16. The highest BCUT2D eigenvalue weighted by atomic mass is 19.2. The van der Waals surface area contributed by atoms with Gasteiger partial charge in [0.1, 0.15) is 5.82 Å². The van der Waals surface area contributed by atoms with Crippen LogP contribution in [0.2, 0.25) is 0 Å². The predicted octanol–water partition coefficient (Wildman–Crippen LogP) is 2.98. The molecule has 0 N–H and O–H groups in total. The van der Waals surface area contributed by atoms with Gasteiger partial charge in [0, 0.05) is 31.1 Å². The van der Waals surface area contributed by atoms with Crippen molar-refractivity contribution in [3.8, 4) is 0 Å². The van der Waals surface area contributed by atoms with E-state index >= 15 is 0 Å². The van der Waals surface area contributed by atoms with Crippen LogP contribution < -0.4 is 0 Å². The molecule has 3 rings (SSSR count). The SMILES string of the molecule is CN(C)CCCN1CCCC2(CCN(C(=O)c3cc(F)c(F)cc3F)C2)C1. The lowest BCUT2D eigenvalue weighted by atomic mass is 9.79. The number of hydrogen-bond donors (Lipinski definition) is 0. The Hall–Kier alpha value is -1.60. The number of likely N-dealkylation sites (tertiary alicyclic amines) is 2. The van der Waals surface area contributed by atoms with Crippen molar-refractivity contribution < 1.29 is 18.0 Å². The molecule has 4 nitrogen and oxygen atoms in total. The number of carbonyl (C=O) groups is 1. The zero-order chi connectivity index (χ0) is 19.6. The van der Waals surface area contributed by atoms with Crippen molar-refractivity contribution in [2.24, 2.45) is 5.41 Å². The van der Waals surface area contributed by atoms with Crippen molar-refractivity contribution in [1.82, 2.24) is 14.7 Å². The second-order valence-electron chi connectivity index (χ2n) is 8.26. The summed E-state index contributed by atoms with van der Waals surface area (Å²) < 4.78 is 40.6. The lowest BCUT2D eigenvalue weighted by Crippen LogP contribution is -2.46. The Bertz CT molecular complexity index is 697. The van der Waals surface area contributed by atoms with Crippen LogP contribution in [0, 0.1) is 22.9 Å². The maximum atomic E-state index is 14.0. The summed E-state index contributed by atoms with van der Waals surface area (Å²) in [5, 5.41) is 0. The van der Waals surface area contributed by atoms with Crippen molar-refractivity contribution >= 4 is 5.91 Å². The molecule has 2 aliphatic heterocycles. The highest BCUT2D eigenvalue weighted by molar-refractivity contribution is 5.94. The van der Waals surface area contributed by atoms with E-state index in [4.69, 9.17) is 0 Å². The van der Waals surface area contributed by atoms with Crippen LogP contribution in [0.5, 0.6) is 0 Å². The first-order chi connectivity index (χ1) is 12.8. The third kappa shape index (κ3) is 4.63. The molecule has 1 atom stereocenters. The van der Waals surface area contributed by atoms with Crippen LogP contribution in [0.3, 0.4) is 0 Å². The fourth-order valence-corrected chi connectivity index (χ4v) is 4.41. The average molecular weight is 383 g/mol. The maximum Gasteiger partial charge on any atom is 0.256 e. The Labute approximate surface area is 158 Å². The van der Waals surface area contributed by atoms with Crippen molar-refractivity contribution in [3.63, 3.8) is 0 Å². The molecule has 1 aromatic carbocycles. The van der Waals surface area contributed by atoms with Gasteiger partial charge in [-0.2, -0.15) is 0 Å². The summed E-state index contributed by atoms with van der Waals surface area (Å²) >= 11 is 0. The first kappa shape index (κ1) is 20.1. The molecule has 2 heterocycles. The van der Waals surface area contributed by atoms with Crippen LogP contribution in [0.25, 0.3) is 0 Å². The lowest BCUT2D eigenvalue weighted by Gasteiger charge is -2.40. The van der Waals surface area contributed by atoms with E-state index in [0.717, 1.165) is 51.9 Å². The number of amides is 1. The minimum atomic E-state index is -1.28. The van der Waals surface area contributed by atoms with E-state index in [1.807, 2.05) is 0 Å². The number of benzene rings is 1. The molecule has 0 saturated carbocycles. The molecule has 7 heteroatoms. The minimum absolute atomic E-state index is 0.0288. The molecular formula is C20H28F3N3O. The van der Waals surface area contributed by atoms with E-state index in [1.165, 1.54) is 0 Å². The Kier molecular flexibility index (Phi) is 6.11. The quantitative estimate of drug-likeness (QED) is 0.732. The van der Waals surface area contributed by atoms with Gasteiger partial charge in [0.2, 0.25) is 0 Å². The van der Waals surface area contributed by atoms with E-state index < -0.39 is 23.4 Å². The largest absolute Gasteiger partial charge is 0.338 e. The van der Waals surface area contributed by atoms with Crippen LogP contribution in [0.4, 0.5) is 13.2 Å². The van der Waals surface area contributed by atoms with E-state index in [-0.39, 0.29) is 11.0 Å². The van der Waals surface area contributed by atoms with Crippen molar-refractivity contribution in [2.45, 2.75) is 25.7 Å². The highest BCUT2D eigenvalue weighted by Crippen LogP contribution is 2.39. The Morgan fingerprint density at radius 1 is 1.07 bits per heavy atom. The van der Waals surface area contributed by atoms with Gasteiger partial charge < -0.3 is 14.7 Å². The summed E-state index contributed by atoms with van der Waals surface area (Å²) in [5.74, 6) is -4.03. The molecule has 1 aromatic rings. The molecule has 1 amide bonds. The van der Waals surface area contributed by atoms with E-state index in [9.17, 15) is 18.0 Å². The van der Waals surface area contributed by atoms with Crippen LogP contribution in [-0.4, -0.2) is 74.0 Å². The predicted molar refractivity (Wildman–Crippen MR) is 98.1 cm³/mol. The third-order valence-corrected chi connectivity index (χ3v) is 5.79. The summed E-state index contributed by atoms with van der Waals surface area (Å²) in [6.07, 6.45) is 4.10. The van der Waals surface area contributed by atoms with Gasteiger partial charge in [0.05, 0.1) is 5.56 Å². The van der Waals surface area contributed by atoms with Gasteiger partial charge in [-0.1, -0.05) is 0 Å². The van der Waals surface area contributed by atoms with Gasteiger partial charge in [-0.3, -0.25) is 4.79 Å². The average Bonchev–Trinajstić information content (AvgIpc) is 3.00. The first-order valence-electron chi connectivity index (χ1n) is 9.61. The molecule has 2 fully saturated rings. The van der Waals surface area contributed by atoms with E-state index in [0.29, 0.717) is 25.2 Å². The van der Waals surface area contributed by atoms with Gasteiger partial charge in [-0.15, -0.1) is 0 Å². The lowest BCUT2D eigenvalue weighted by molar-refractivity contribution is 0.0680. The summed E-state index contributed by atoms with van der Waals surface area (Å²) in [6, 6.07) is 1.12. The van der Waals surface area contributed by atoms with Gasteiger partial charge >= 0.3 is 0 Å². The van der Waals surface area contributed by atoms with Crippen LogP contribution >= 0.6 is 0 Å². The standard InChI is InChI=1S/C20H28F3N3O/c1-24(2)7-4-9-25-8-3-5-20(13-25)6-10-26(14-20)19(27)15-11-17(22)18(23)12-16(15)21/h11-12H,3-10,13-14H2,1-2H3. The fourth-order valence-electron chi connectivity index (χ4n) is 4.41. The first-order valence-corrected chi connectivity index (χ1v) is 9.61. The maximum absolute atomic E-state index is 14.0. The fraction of sp³-hybridized carbons (Fsp3) is 0.650. The zero-order valence-electron chi connectivity index (χ0n) is 16.1. The minimum Gasteiger partial charge on any atom is -0.338 e. The topological polar surface area (TPSA) is 26.8 Å². The van der Waals surface area contributed by atoms with Crippen LogP contribution in [0.1, 0.15) is 36.0 Å². The second-order valence-corrected chi connectivity index (χ2v) is 8.26. The Balaban J connectivity index is 1.63. The highest BCUT2D eigenvalue weighted by Gasteiger charge is 2.43. The van der Waals surface area contributed by atoms with Crippen molar-refractivity contribution in [1.29, 1.82) is 0 Å². The number of hydrogen-bond acceptors (Lipinski definition) is 3. The van der Waals surface area contributed by atoms with Gasteiger partial charge in [0.15, 0.2) is 11.6 Å². The molecule has 0 bridgehead atoms. The van der Waals surface area contributed by atoms with E-state index in [1.54, 1.807) is 4.90 Å². The Morgan fingerprint density at radius 2 is 1.81 bits per heavy atom. The summed E-state index contributed by atoms with van der Waals surface area (Å²) in [4.78, 5) is 18.9. The molecule has 0 radical (unpaired) electrons. The summed E-state index contributed by atoms with van der Waals surface area (Å²) in [7, 11) is 4.13. The van der Waals surface area contributed by atoms with Crippen LogP contribution in [0.15, 0.2) is 12.1 Å². The van der Waals surface area contributed by atoms with Crippen LogP contribution in [-0.2, 0) is 0 Å². The number of piperidine rings is 1. The molecule has 0 aliphatic carbocycles. The third-order valence-electron chi connectivity index (χ3n) is 5.79. The molecular weight excluding hydrogens is 355 g/mol. The smallest absolute Gasteiger partial charge is 0.256 e. The molecule has 1 spiro atoms. The van der Waals surface area contributed by atoms with Crippen molar-refractivity contribution in [2.75, 3.05) is 53.4 Å². The van der Waals surface area contributed by atoms with Gasteiger partial charge in [-0.25, -0.2) is 13.2 Å². The molecule has 1 unspecified atom stereocenters. The zero-order valence-corrected chi connectivity index (χ0v) is 16.1. The Morgan fingerprint density at radius 3 is 2.56 bits per heavy atom. The number of halogens is 3. The van der Waals surface area contributed by atoms with Crippen molar-refractivity contribution in [3.05, 3.63) is 35.1 Å². The molecule has 2 saturated heterocycles. The number of nitrogens with zero attached hydrogens (tertiary/aromatic N) is 3. The molecule has 27 heavy (non-hydrogen) atoms. The van der Waals surface area contributed by atoms with Gasteiger partial charge in [0.25, 0.3) is 5.91 Å². The second kappa shape index (κ2) is 8.19. The molecule has 0 aromatic heterocycles. The molecule has 2 aliphatic rings. The number of carbonyl (C=O) groups excluding carboxylic acids is 1. The monoisotopic (exact) mass is 383 g/mol. The normalized spacial score (nSPS) is 23.6. The van der Waals surface area contributed by atoms with E-state index in [2.05, 4.69) is 23.9 Å². The van der Waals surface area contributed by atoms with Gasteiger partial charge in [-0.05, 0) is 65.5 Å². The summed E-state index contributed by atoms with van der Waals surface area (Å²) in [5.41, 5.74) is -0.356.